The molecule has 2 aromatic carbocycles. The summed E-state index contributed by atoms with van der Waals surface area (Å²) < 4.78 is 4.94. The second kappa shape index (κ2) is 9.91. The van der Waals surface area contributed by atoms with Gasteiger partial charge in [-0.25, -0.2) is 0 Å². The van der Waals surface area contributed by atoms with Gasteiger partial charge in [-0.2, -0.15) is 0 Å². The van der Waals surface area contributed by atoms with E-state index < -0.39 is 18.5 Å². The summed E-state index contributed by atoms with van der Waals surface area (Å²) >= 11 is 0. The zero-order valence-corrected chi connectivity index (χ0v) is 17.4. The van der Waals surface area contributed by atoms with Crippen molar-refractivity contribution in [3.05, 3.63) is 59.2 Å². The number of aryl methyl sites for hydroxylation is 2. The van der Waals surface area contributed by atoms with Gasteiger partial charge in [0.25, 0.3) is 11.8 Å². The molecule has 0 aliphatic carbocycles. The van der Waals surface area contributed by atoms with Crippen LogP contribution in [0.3, 0.4) is 0 Å². The van der Waals surface area contributed by atoms with Crippen molar-refractivity contribution in [3.8, 4) is 0 Å². The molecule has 0 saturated carbocycles. The highest BCUT2D eigenvalue weighted by Gasteiger charge is 2.13. The van der Waals surface area contributed by atoms with Gasteiger partial charge in [0.05, 0.1) is 0 Å². The van der Waals surface area contributed by atoms with Crippen molar-refractivity contribution < 1.29 is 19.1 Å². The molecule has 1 aliphatic rings. The average molecular weight is 409 g/mol. The minimum atomic E-state index is -0.674. The molecule has 30 heavy (non-hydrogen) atoms. The molecule has 0 unspecified atom stereocenters. The minimum Gasteiger partial charge on any atom is -0.454 e. The first kappa shape index (κ1) is 21.4. The first-order valence-electron chi connectivity index (χ1n) is 10.1. The van der Waals surface area contributed by atoms with E-state index in [1.807, 2.05) is 44.2 Å². The predicted molar refractivity (Wildman–Crippen MR) is 116 cm³/mol. The molecule has 1 saturated heterocycles. The van der Waals surface area contributed by atoms with E-state index in [0.717, 1.165) is 29.9 Å². The highest BCUT2D eigenvalue weighted by Crippen LogP contribution is 2.22. The molecule has 7 heteroatoms. The first-order valence-corrected chi connectivity index (χ1v) is 10.1. The third kappa shape index (κ3) is 5.83. The topological polar surface area (TPSA) is 87.7 Å². The van der Waals surface area contributed by atoms with E-state index in [9.17, 15) is 14.4 Å². The number of carbonyl (C=O) groups excluding carboxylic acids is 3. The Balaban J connectivity index is 1.39. The number of esters is 1. The Labute approximate surface area is 176 Å². The Morgan fingerprint density at radius 2 is 1.67 bits per heavy atom. The summed E-state index contributed by atoms with van der Waals surface area (Å²) in [6, 6.07) is 12.9. The number of carbonyl (C=O) groups is 3. The van der Waals surface area contributed by atoms with Crippen molar-refractivity contribution >= 4 is 29.2 Å². The molecule has 2 N–H and O–H groups in total. The average Bonchev–Trinajstić information content (AvgIpc) is 3.28. The van der Waals surface area contributed by atoms with Gasteiger partial charge in [-0.05, 0) is 74.2 Å². The zero-order chi connectivity index (χ0) is 21.5. The maximum absolute atomic E-state index is 12.1. The van der Waals surface area contributed by atoms with Gasteiger partial charge < -0.3 is 20.3 Å². The molecule has 0 radical (unpaired) electrons. The smallest absolute Gasteiger partial charge is 0.325 e. The maximum atomic E-state index is 12.1. The summed E-state index contributed by atoms with van der Waals surface area (Å²) in [5, 5.41) is 5.20. The summed E-state index contributed by atoms with van der Waals surface area (Å²) in [7, 11) is 0. The number of anilines is 2. The van der Waals surface area contributed by atoms with E-state index >= 15 is 0 Å². The Morgan fingerprint density at radius 1 is 0.967 bits per heavy atom. The Hall–Kier alpha value is -3.35. The van der Waals surface area contributed by atoms with Crippen molar-refractivity contribution in [3.63, 3.8) is 0 Å². The van der Waals surface area contributed by atoms with Crippen molar-refractivity contribution in [2.45, 2.75) is 26.7 Å². The third-order valence-electron chi connectivity index (χ3n) is 5.15. The van der Waals surface area contributed by atoms with Gasteiger partial charge >= 0.3 is 5.97 Å². The summed E-state index contributed by atoms with van der Waals surface area (Å²) in [5.74, 6) is -1.47. The van der Waals surface area contributed by atoms with Crippen molar-refractivity contribution in [2.24, 2.45) is 0 Å². The van der Waals surface area contributed by atoms with Crippen molar-refractivity contribution in [1.29, 1.82) is 0 Å². The number of nitrogens with zero attached hydrogens (tertiary/aromatic N) is 1. The molecule has 0 spiro atoms. The summed E-state index contributed by atoms with van der Waals surface area (Å²) in [6.45, 7) is 5.28. The van der Waals surface area contributed by atoms with Gasteiger partial charge in [0, 0.05) is 30.0 Å². The highest BCUT2D eigenvalue weighted by atomic mass is 16.5. The number of rotatable bonds is 7. The Bertz CT molecular complexity index is 919. The van der Waals surface area contributed by atoms with Crippen LogP contribution in [0.1, 0.15) is 34.3 Å². The van der Waals surface area contributed by atoms with Crippen LogP contribution in [0.5, 0.6) is 0 Å². The lowest BCUT2D eigenvalue weighted by atomic mass is 10.1. The predicted octanol–water partition coefficient (Wildman–Crippen LogP) is 2.82. The van der Waals surface area contributed by atoms with Crippen LogP contribution in [0.15, 0.2) is 42.5 Å². The standard InChI is InChI=1S/C23H27N3O4/c1-16-5-6-18(13-17(16)2)23(29)24-14-22(28)30-15-21(27)25-19-7-9-20(10-8-19)26-11-3-4-12-26/h5-10,13H,3-4,11-12,14-15H2,1-2H3,(H,24,29)(H,25,27). The van der Waals surface area contributed by atoms with Crippen LogP contribution in [0.2, 0.25) is 0 Å². The molecule has 3 rings (SSSR count). The highest BCUT2D eigenvalue weighted by molar-refractivity contribution is 5.96. The van der Waals surface area contributed by atoms with E-state index in [4.69, 9.17) is 4.74 Å². The number of hydrogen-bond acceptors (Lipinski definition) is 5. The molecule has 1 fully saturated rings. The second-order valence-electron chi connectivity index (χ2n) is 7.43. The molecule has 2 aromatic rings. The molecule has 2 amide bonds. The van der Waals surface area contributed by atoms with E-state index in [1.54, 1.807) is 12.1 Å². The summed E-state index contributed by atoms with van der Waals surface area (Å²) in [5.41, 5.74) is 4.33. The maximum Gasteiger partial charge on any atom is 0.325 e. The number of benzene rings is 2. The first-order chi connectivity index (χ1) is 14.4. The molecule has 158 valence electrons. The van der Waals surface area contributed by atoms with Crippen LogP contribution in [0.4, 0.5) is 11.4 Å². The van der Waals surface area contributed by atoms with Gasteiger partial charge in [0.2, 0.25) is 0 Å². The van der Waals surface area contributed by atoms with E-state index in [0.29, 0.717) is 11.3 Å². The quantitative estimate of drug-likeness (QED) is 0.687. The fourth-order valence-corrected chi connectivity index (χ4v) is 3.26. The lowest BCUT2D eigenvalue weighted by Gasteiger charge is -2.17. The fraction of sp³-hybridized carbons (Fsp3) is 0.348. The lowest BCUT2D eigenvalue weighted by molar-refractivity contribution is -0.146. The van der Waals surface area contributed by atoms with Crippen molar-refractivity contribution in [2.75, 3.05) is 36.5 Å². The second-order valence-corrected chi connectivity index (χ2v) is 7.43. The van der Waals surface area contributed by atoms with Gasteiger partial charge in [0.1, 0.15) is 6.54 Å². The number of hydrogen-bond donors (Lipinski definition) is 2. The largest absolute Gasteiger partial charge is 0.454 e. The van der Waals surface area contributed by atoms with Gasteiger partial charge in [-0.15, -0.1) is 0 Å². The SMILES string of the molecule is Cc1ccc(C(=O)NCC(=O)OCC(=O)Nc2ccc(N3CCCC3)cc2)cc1C. The van der Waals surface area contributed by atoms with E-state index in [-0.39, 0.29) is 12.5 Å². The molecular formula is C23H27N3O4. The summed E-state index contributed by atoms with van der Waals surface area (Å²) in [6.07, 6.45) is 2.41. The Morgan fingerprint density at radius 3 is 2.33 bits per heavy atom. The van der Waals surface area contributed by atoms with E-state index in [2.05, 4.69) is 15.5 Å². The monoisotopic (exact) mass is 409 g/mol. The van der Waals surface area contributed by atoms with Crippen LogP contribution >= 0.6 is 0 Å². The number of nitrogens with one attached hydrogen (secondary N) is 2. The summed E-state index contributed by atoms with van der Waals surface area (Å²) in [4.78, 5) is 38.2. The van der Waals surface area contributed by atoms with Crippen LogP contribution in [-0.2, 0) is 14.3 Å². The van der Waals surface area contributed by atoms with Crippen molar-refractivity contribution in [1.82, 2.24) is 5.32 Å². The molecule has 0 atom stereocenters. The molecule has 0 aromatic heterocycles. The molecular weight excluding hydrogens is 382 g/mol. The lowest BCUT2D eigenvalue weighted by Crippen LogP contribution is -2.32. The molecule has 1 heterocycles. The third-order valence-corrected chi connectivity index (χ3v) is 5.15. The molecule has 1 aliphatic heterocycles. The normalized spacial score (nSPS) is 13.1. The zero-order valence-electron chi connectivity index (χ0n) is 17.4. The number of amides is 2. The van der Waals surface area contributed by atoms with Crippen LogP contribution in [-0.4, -0.2) is 44.0 Å². The molecule has 7 nitrogen and oxygen atoms in total. The van der Waals surface area contributed by atoms with Crippen LogP contribution < -0.4 is 15.5 Å². The fourth-order valence-electron chi connectivity index (χ4n) is 3.26. The molecule has 0 bridgehead atoms. The number of ether oxygens (including phenoxy) is 1. The van der Waals surface area contributed by atoms with Crippen LogP contribution in [0.25, 0.3) is 0 Å². The van der Waals surface area contributed by atoms with Gasteiger partial charge in [-0.3, -0.25) is 14.4 Å². The van der Waals surface area contributed by atoms with E-state index in [1.165, 1.54) is 12.8 Å². The minimum absolute atomic E-state index is 0.302. The van der Waals surface area contributed by atoms with Gasteiger partial charge in [-0.1, -0.05) is 6.07 Å². The Kier molecular flexibility index (Phi) is 7.06. The van der Waals surface area contributed by atoms with Gasteiger partial charge in [0.15, 0.2) is 6.61 Å². The van der Waals surface area contributed by atoms with Crippen LogP contribution in [0, 0.1) is 13.8 Å².